The Morgan fingerprint density at radius 3 is 2.59 bits per heavy atom. The molecule has 0 saturated carbocycles. The van der Waals surface area contributed by atoms with Crippen LogP contribution >= 0.6 is 0 Å². The predicted octanol–water partition coefficient (Wildman–Crippen LogP) is 3.35. The maximum Gasteiger partial charge on any atom is 0.407 e. The van der Waals surface area contributed by atoms with Gasteiger partial charge in [-0.15, -0.1) is 0 Å². The number of aryl methyl sites for hydroxylation is 1. The fraction of sp³-hybridized carbons (Fsp3) is 0.263. The number of nitrogens with two attached hydrogens (primary N) is 1. The summed E-state index contributed by atoms with van der Waals surface area (Å²) in [5.41, 5.74) is 12.0. The summed E-state index contributed by atoms with van der Waals surface area (Å²) < 4.78 is 38.3. The number of guanidine groups is 1. The van der Waals surface area contributed by atoms with Gasteiger partial charge in [0.25, 0.3) is 0 Å². The number of halogens is 3. The van der Waals surface area contributed by atoms with E-state index in [0.717, 1.165) is 27.7 Å². The molecule has 1 aromatic heterocycles. The van der Waals surface area contributed by atoms with Gasteiger partial charge in [0.2, 0.25) is 5.96 Å². The van der Waals surface area contributed by atoms with Gasteiger partial charge in [-0.3, -0.25) is 10.1 Å². The van der Waals surface area contributed by atoms with Crippen LogP contribution in [0.4, 0.5) is 18.9 Å². The van der Waals surface area contributed by atoms with Gasteiger partial charge in [0, 0.05) is 18.1 Å². The fourth-order valence-electron chi connectivity index (χ4n) is 3.24. The Labute approximate surface area is 164 Å². The lowest BCUT2D eigenvalue weighted by molar-refractivity contribution is -0.149. The molecule has 4 rings (SSSR count). The molecular weight excluding hydrogens is 383 g/mol. The average Bonchev–Trinajstić information content (AvgIpc) is 3.30. The highest BCUT2D eigenvalue weighted by atomic mass is 19.4. The molecule has 2 unspecified atom stereocenters. The van der Waals surface area contributed by atoms with Gasteiger partial charge in [0.1, 0.15) is 12.2 Å². The highest BCUT2D eigenvalue weighted by Crippen LogP contribution is 2.31. The normalized spacial score (nSPS) is 18.2. The van der Waals surface area contributed by atoms with Gasteiger partial charge in [0.05, 0.1) is 11.7 Å². The first-order valence-electron chi connectivity index (χ1n) is 8.93. The van der Waals surface area contributed by atoms with Crippen LogP contribution in [0.5, 0.6) is 0 Å². The number of rotatable bonds is 3. The Bertz CT molecular complexity index is 1060. The average molecular weight is 403 g/mol. The number of hydrazine groups is 1. The van der Waals surface area contributed by atoms with E-state index < -0.39 is 18.4 Å². The van der Waals surface area contributed by atoms with Crippen molar-refractivity contribution < 1.29 is 13.2 Å². The SMILES string of the molecule is Cc1c(NC2=NC(c3ccc(C(N)C(F)(F)F)cc3)NN2C)ccc2[nH]ncc12. The number of aromatic nitrogens is 2. The van der Waals surface area contributed by atoms with Crippen LogP contribution in [0.3, 0.4) is 0 Å². The zero-order valence-corrected chi connectivity index (χ0v) is 15.7. The van der Waals surface area contributed by atoms with Crippen LogP contribution in [0.15, 0.2) is 47.6 Å². The summed E-state index contributed by atoms with van der Waals surface area (Å²) in [6.07, 6.45) is -3.13. The Balaban J connectivity index is 1.54. The van der Waals surface area contributed by atoms with Crippen molar-refractivity contribution >= 4 is 22.5 Å². The van der Waals surface area contributed by atoms with Crippen molar-refractivity contribution in [1.29, 1.82) is 0 Å². The second-order valence-electron chi connectivity index (χ2n) is 6.92. The van der Waals surface area contributed by atoms with Crippen molar-refractivity contribution in [3.8, 4) is 0 Å². The molecule has 152 valence electrons. The van der Waals surface area contributed by atoms with Gasteiger partial charge >= 0.3 is 6.18 Å². The van der Waals surface area contributed by atoms with Crippen LogP contribution < -0.4 is 16.5 Å². The van der Waals surface area contributed by atoms with Crippen molar-refractivity contribution in [3.63, 3.8) is 0 Å². The minimum absolute atomic E-state index is 0.0129. The number of H-pyrrole nitrogens is 1. The van der Waals surface area contributed by atoms with Crippen molar-refractivity contribution in [2.24, 2.45) is 10.7 Å². The lowest BCUT2D eigenvalue weighted by atomic mass is 10.0. The molecule has 2 aromatic carbocycles. The molecule has 7 nitrogen and oxygen atoms in total. The van der Waals surface area contributed by atoms with E-state index in [1.165, 1.54) is 12.1 Å². The fourth-order valence-corrected chi connectivity index (χ4v) is 3.24. The molecule has 0 aliphatic carbocycles. The Morgan fingerprint density at radius 1 is 1.17 bits per heavy atom. The second-order valence-corrected chi connectivity index (χ2v) is 6.92. The zero-order chi connectivity index (χ0) is 20.8. The molecular formula is C19H20F3N7. The highest BCUT2D eigenvalue weighted by Gasteiger charge is 2.37. The lowest BCUT2D eigenvalue weighted by Gasteiger charge is -2.18. The molecule has 2 heterocycles. The molecule has 10 heteroatoms. The molecule has 0 bridgehead atoms. The largest absolute Gasteiger partial charge is 0.407 e. The van der Waals surface area contributed by atoms with E-state index in [4.69, 9.17) is 5.73 Å². The van der Waals surface area contributed by atoms with Gasteiger partial charge in [0.15, 0.2) is 0 Å². The molecule has 0 spiro atoms. The van der Waals surface area contributed by atoms with Crippen LogP contribution in [-0.2, 0) is 0 Å². The van der Waals surface area contributed by atoms with E-state index in [-0.39, 0.29) is 5.56 Å². The Morgan fingerprint density at radius 2 is 1.90 bits per heavy atom. The monoisotopic (exact) mass is 403 g/mol. The van der Waals surface area contributed by atoms with Gasteiger partial charge in [-0.25, -0.2) is 10.4 Å². The molecule has 1 aliphatic rings. The first kappa shape index (κ1) is 19.2. The van der Waals surface area contributed by atoms with E-state index in [2.05, 4.69) is 25.9 Å². The summed E-state index contributed by atoms with van der Waals surface area (Å²) in [6, 6.07) is 7.83. The zero-order valence-electron chi connectivity index (χ0n) is 15.7. The number of anilines is 1. The predicted molar refractivity (Wildman–Crippen MR) is 105 cm³/mol. The molecule has 0 fully saturated rings. The number of benzene rings is 2. The number of aliphatic imine (C=N–C) groups is 1. The molecule has 5 N–H and O–H groups in total. The maximum atomic E-state index is 12.8. The third-order valence-corrected chi connectivity index (χ3v) is 4.99. The van der Waals surface area contributed by atoms with E-state index >= 15 is 0 Å². The summed E-state index contributed by atoms with van der Waals surface area (Å²) in [5, 5.41) is 13.0. The number of alkyl halides is 3. The number of aromatic amines is 1. The van der Waals surface area contributed by atoms with Crippen molar-refractivity contribution in [2.75, 3.05) is 12.4 Å². The smallest absolute Gasteiger partial charge is 0.325 e. The third-order valence-electron chi connectivity index (χ3n) is 4.99. The second kappa shape index (κ2) is 7.05. The number of hydrogen-bond donors (Lipinski definition) is 4. The van der Waals surface area contributed by atoms with E-state index in [1.54, 1.807) is 23.3 Å². The van der Waals surface area contributed by atoms with Crippen LogP contribution in [-0.4, -0.2) is 34.4 Å². The summed E-state index contributed by atoms with van der Waals surface area (Å²) in [7, 11) is 1.81. The maximum absolute atomic E-state index is 12.8. The topological polar surface area (TPSA) is 94.4 Å². The summed E-state index contributed by atoms with van der Waals surface area (Å²) in [6.45, 7) is 1.99. The van der Waals surface area contributed by atoms with Crippen LogP contribution in [0, 0.1) is 6.92 Å². The first-order valence-corrected chi connectivity index (χ1v) is 8.93. The van der Waals surface area contributed by atoms with E-state index in [9.17, 15) is 13.2 Å². The number of nitrogens with one attached hydrogen (secondary N) is 3. The molecule has 29 heavy (non-hydrogen) atoms. The molecule has 0 amide bonds. The van der Waals surface area contributed by atoms with Crippen LogP contribution in [0.1, 0.15) is 28.9 Å². The van der Waals surface area contributed by atoms with E-state index in [1.807, 2.05) is 26.1 Å². The van der Waals surface area contributed by atoms with Crippen molar-refractivity contribution in [2.45, 2.75) is 25.3 Å². The highest BCUT2D eigenvalue weighted by molar-refractivity contribution is 5.98. The minimum atomic E-state index is -4.48. The Kier molecular flexibility index (Phi) is 4.67. The number of nitrogens with zero attached hydrogens (tertiary/aromatic N) is 3. The molecule has 2 atom stereocenters. The van der Waals surface area contributed by atoms with Crippen molar-refractivity contribution in [3.05, 3.63) is 59.3 Å². The van der Waals surface area contributed by atoms with Crippen LogP contribution in [0.2, 0.25) is 0 Å². The van der Waals surface area contributed by atoms with Crippen molar-refractivity contribution in [1.82, 2.24) is 20.6 Å². The van der Waals surface area contributed by atoms with Crippen LogP contribution in [0.25, 0.3) is 10.9 Å². The quantitative estimate of drug-likeness (QED) is 0.538. The number of hydrogen-bond acceptors (Lipinski definition) is 6. The third kappa shape index (κ3) is 3.64. The van der Waals surface area contributed by atoms with Gasteiger partial charge < -0.3 is 11.1 Å². The van der Waals surface area contributed by atoms with Gasteiger partial charge in [-0.05, 0) is 35.7 Å². The summed E-state index contributed by atoms with van der Waals surface area (Å²) in [4.78, 5) is 4.61. The molecule has 0 saturated heterocycles. The van der Waals surface area contributed by atoms with Gasteiger partial charge in [-0.1, -0.05) is 24.3 Å². The molecule has 3 aromatic rings. The van der Waals surface area contributed by atoms with Gasteiger partial charge in [-0.2, -0.15) is 18.3 Å². The van der Waals surface area contributed by atoms with E-state index in [0.29, 0.717) is 5.96 Å². The summed E-state index contributed by atoms with van der Waals surface area (Å²) in [5.74, 6) is 0.594. The Hall–Kier alpha value is -3.11. The number of fused-ring (bicyclic) bond motifs is 1. The lowest BCUT2D eigenvalue weighted by Crippen LogP contribution is -2.37. The molecule has 0 radical (unpaired) electrons. The minimum Gasteiger partial charge on any atom is -0.325 e. The summed E-state index contributed by atoms with van der Waals surface area (Å²) >= 11 is 0. The first-order chi connectivity index (χ1) is 13.7. The standard InChI is InChI=1S/C19H20F3N7/c1-10-13-9-24-27-15(13)8-7-14(10)25-18-26-17(28-29(18)2)12-5-3-11(4-6-12)16(23)19(20,21)22/h3-9,16-17,28H,23H2,1-2H3,(H,24,27)(H,25,26). The molecule has 1 aliphatic heterocycles.